The number of methoxy groups -OCH3 is 1. The first kappa shape index (κ1) is 29.9. The summed E-state index contributed by atoms with van der Waals surface area (Å²) in [4.78, 5) is 9.70. The molecule has 1 saturated carbocycles. The summed E-state index contributed by atoms with van der Waals surface area (Å²) < 4.78 is 28.8. The molecule has 0 spiro atoms. The molecule has 0 radical (unpaired) electrons. The van der Waals surface area contributed by atoms with Crippen LogP contribution in [0.4, 0.5) is 0 Å². The van der Waals surface area contributed by atoms with Crippen LogP contribution in [0.3, 0.4) is 0 Å². The Morgan fingerprint density at radius 1 is 0.903 bits per heavy atom. The Bertz CT molecular complexity index is 479. The lowest BCUT2D eigenvalue weighted by molar-refractivity contribution is -0.0318. The van der Waals surface area contributed by atoms with E-state index in [4.69, 9.17) is 14.0 Å². The Hall–Kier alpha value is 0.865. The van der Waals surface area contributed by atoms with Crippen LogP contribution in [0.15, 0.2) is 0 Å². The van der Waals surface area contributed by atoms with Gasteiger partial charge in [-0.15, -0.1) is 0 Å². The predicted molar refractivity (Wildman–Crippen MR) is 141 cm³/mol. The fraction of sp³-hybridized carbons (Fsp3) is 1.00. The van der Waals surface area contributed by atoms with E-state index >= 15 is 0 Å². The van der Waals surface area contributed by atoms with Gasteiger partial charge in [0.25, 0.3) is 0 Å². The molecule has 31 heavy (non-hydrogen) atoms. The number of hydrogen-bond acceptors (Lipinski definition) is 4. The second-order valence-corrected chi connectivity index (χ2v) is 14.2. The molecule has 184 valence electrons. The van der Waals surface area contributed by atoms with Crippen molar-refractivity contribution in [3.05, 3.63) is 0 Å². The number of halogens is 1. The highest BCUT2D eigenvalue weighted by molar-refractivity contribution is 14.2. The third-order valence-corrected chi connectivity index (χ3v) is 7.65. The van der Waals surface area contributed by atoms with Gasteiger partial charge in [-0.1, -0.05) is 90.4 Å². The topological polar surface area (TPSA) is 65.0 Å². The quantitative estimate of drug-likeness (QED) is 0.0748. The van der Waals surface area contributed by atoms with Crippen LogP contribution < -0.4 is 0 Å². The Kier molecular flexibility index (Phi) is 17.6. The molecule has 5 nitrogen and oxygen atoms in total. The molecule has 0 aromatic rings. The molecule has 8 heteroatoms. The van der Waals surface area contributed by atoms with Crippen molar-refractivity contribution in [3.8, 4) is 0 Å². The minimum absolute atomic E-state index is 0.108. The van der Waals surface area contributed by atoms with Crippen molar-refractivity contribution in [3.63, 3.8) is 0 Å². The van der Waals surface area contributed by atoms with E-state index in [0.717, 1.165) is 12.8 Å². The molecule has 5 atom stereocenters. The van der Waals surface area contributed by atoms with Crippen LogP contribution in [0.5, 0.6) is 0 Å². The zero-order valence-corrected chi connectivity index (χ0v) is 23.3. The monoisotopic (exact) mass is 572 g/mol. The molecule has 0 bridgehead atoms. The van der Waals surface area contributed by atoms with Crippen molar-refractivity contribution in [1.29, 1.82) is 0 Å². The van der Waals surface area contributed by atoms with Crippen molar-refractivity contribution < 1.29 is 23.5 Å². The summed E-state index contributed by atoms with van der Waals surface area (Å²) in [6, 6.07) is 0. The summed E-state index contributed by atoms with van der Waals surface area (Å²) in [5.74, 6) is 0.413. The van der Waals surface area contributed by atoms with Crippen molar-refractivity contribution in [2.45, 2.75) is 121 Å². The molecule has 0 aliphatic heterocycles. The van der Waals surface area contributed by atoms with Crippen LogP contribution in [0.2, 0.25) is 5.82 Å². The number of unbranched alkanes of at least 4 members (excludes halogenated alkanes) is 13. The van der Waals surface area contributed by atoms with E-state index in [-0.39, 0.29) is 18.1 Å². The van der Waals surface area contributed by atoms with Crippen LogP contribution in [0, 0.1) is 5.92 Å². The van der Waals surface area contributed by atoms with E-state index in [9.17, 15) is 9.46 Å². The highest BCUT2D eigenvalue weighted by Crippen LogP contribution is 2.56. The van der Waals surface area contributed by atoms with Gasteiger partial charge in [-0.2, -0.15) is 0 Å². The first-order valence-corrected chi connectivity index (χ1v) is 17.1. The van der Waals surface area contributed by atoms with Crippen LogP contribution in [-0.2, 0) is 18.6 Å². The zero-order valence-electron chi connectivity index (χ0n) is 20.2. The van der Waals surface area contributed by atoms with Gasteiger partial charge >= 0.3 is 5.24 Å². The van der Waals surface area contributed by atoms with Gasteiger partial charge in [0.05, 0.1) is 40.9 Å². The van der Waals surface area contributed by atoms with Crippen LogP contribution in [0.25, 0.3) is 0 Å². The lowest BCUT2D eigenvalue weighted by atomic mass is 9.83. The smallest absolute Gasteiger partial charge is 0.384 e. The molecule has 0 aromatic carbocycles. The minimum Gasteiger partial charge on any atom is -0.384 e. The molecule has 3 unspecified atom stereocenters. The molecule has 1 aliphatic carbocycles. The lowest BCUT2D eigenvalue weighted by Gasteiger charge is -2.26. The summed E-state index contributed by atoms with van der Waals surface area (Å²) in [7, 11) is 3.80. The van der Waals surface area contributed by atoms with Crippen molar-refractivity contribution in [1.82, 2.24) is 0 Å². The largest absolute Gasteiger partial charge is 0.386 e. The molecule has 0 saturated heterocycles. The maximum absolute atomic E-state index is 11.8. The minimum atomic E-state index is -3.58. The predicted octanol–water partition coefficient (Wildman–Crippen LogP) is 6.86. The fourth-order valence-electron chi connectivity index (χ4n) is 4.79. The van der Waals surface area contributed by atoms with Crippen molar-refractivity contribution >= 4 is 35.1 Å². The Balaban J connectivity index is 2.06. The second kappa shape index (κ2) is 18.2. The summed E-state index contributed by atoms with van der Waals surface area (Å²) in [5.41, 5.74) is 0. The van der Waals surface area contributed by atoms with E-state index in [1.807, 2.05) is 0 Å². The van der Waals surface area contributed by atoms with Gasteiger partial charge in [0.1, 0.15) is 7.85 Å². The average molecular weight is 572 g/mol. The van der Waals surface area contributed by atoms with E-state index in [2.05, 4.69) is 14.8 Å². The van der Waals surface area contributed by atoms with E-state index < -0.39 is 5.24 Å². The number of hydrogen-bond donors (Lipinski definition) is 1. The molecule has 1 fully saturated rings. The van der Waals surface area contributed by atoms with Crippen molar-refractivity contribution in [2.75, 3.05) is 20.3 Å². The molecular weight excluding hydrogens is 525 g/mol. The number of rotatable bonds is 20. The van der Waals surface area contributed by atoms with Crippen LogP contribution >= 0.6 is 27.3 Å². The third kappa shape index (κ3) is 14.7. The van der Waals surface area contributed by atoms with Gasteiger partial charge in [0.15, 0.2) is 0 Å². The van der Waals surface area contributed by atoms with Gasteiger partial charge in [-0.05, 0) is 18.7 Å². The summed E-state index contributed by atoms with van der Waals surface area (Å²) in [5, 5.41) is -3.58. The maximum atomic E-state index is 11.8. The normalized spacial score (nSPS) is 25.7. The van der Waals surface area contributed by atoms with Gasteiger partial charge < -0.3 is 14.4 Å². The third-order valence-electron chi connectivity index (χ3n) is 6.46. The first-order chi connectivity index (χ1) is 14.9. The standard InChI is InChI=1S/C23H47BIO5P/c1-3-4-5-6-7-8-9-10-11-12-13-14-15-16-17-29-23-21(24)18-20(19-28-2)22(23)30-31(25,26)27/h20-23H,3-19,24H2,1-2H3,(H,26,27)/t20-,21-,22?,23?/m1/s1. The molecule has 1 N–H and O–H groups in total. The van der Waals surface area contributed by atoms with Gasteiger partial charge in [0.2, 0.25) is 0 Å². The van der Waals surface area contributed by atoms with Gasteiger partial charge in [-0.25, -0.2) is 4.57 Å². The Morgan fingerprint density at radius 2 is 1.39 bits per heavy atom. The molecule has 0 amide bonds. The summed E-state index contributed by atoms with van der Waals surface area (Å²) in [6.07, 6.45) is 19.2. The molecule has 1 aliphatic rings. The SMILES string of the molecule is B[C@@H]1C[C@H](COC)C(OP(=O)(O)I)C1OCCCCCCCCCCCCCCCC. The van der Waals surface area contributed by atoms with Gasteiger partial charge in [-0.3, -0.25) is 4.52 Å². The van der Waals surface area contributed by atoms with E-state index in [1.165, 1.54) is 106 Å². The Labute approximate surface area is 205 Å². The molecule has 1 rings (SSSR count). The highest BCUT2D eigenvalue weighted by Gasteiger charge is 2.45. The van der Waals surface area contributed by atoms with E-state index in [0.29, 0.717) is 19.0 Å². The average Bonchev–Trinajstić information content (AvgIpc) is 2.98. The van der Waals surface area contributed by atoms with Crippen LogP contribution in [0.1, 0.15) is 103 Å². The molecule has 0 aromatic heterocycles. The summed E-state index contributed by atoms with van der Waals surface area (Å²) >= 11 is 1.49. The fourth-order valence-corrected chi connectivity index (χ4v) is 6.17. The zero-order chi connectivity index (χ0) is 23.0. The number of ether oxygens (including phenoxy) is 2. The highest BCUT2D eigenvalue weighted by atomic mass is 127. The van der Waals surface area contributed by atoms with E-state index in [1.54, 1.807) is 7.11 Å². The first-order valence-electron chi connectivity index (χ1n) is 12.7. The van der Waals surface area contributed by atoms with Gasteiger partial charge in [0, 0.05) is 19.6 Å². The Morgan fingerprint density at radius 3 is 1.84 bits per heavy atom. The molecular formula is C23H47BIO5P. The van der Waals surface area contributed by atoms with Crippen molar-refractivity contribution in [2.24, 2.45) is 5.92 Å². The maximum Gasteiger partial charge on any atom is 0.386 e. The summed E-state index contributed by atoms with van der Waals surface area (Å²) in [6.45, 7) is 3.50. The van der Waals surface area contributed by atoms with Crippen LogP contribution in [-0.4, -0.2) is 45.3 Å². The molecule has 0 heterocycles. The lowest BCUT2D eigenvalue weighted by Crippen LogP contribution is -2.33. The second-order valence-electron chi connectivity index (χ2n) is 9.38.